The zero-order chi connectivity index (χ0) is 14.9. The van der Waals surface area contributed by atoms with Crippen LogP contribution in [0.1, 0.15) is 39.4 Å². The molecular formula is C15H19ClF2N2. The maximum absolute atomic E-state index is 14.2. The normalized spacial score (nSPS) is 12.3. The van der Waals surface area contributed by atoms with Gasteiger partial charge < -0.3 is 4.57 Å². The summed E-state index contributed by atoms with van der Waals surface area (Å²) in [6.45, 7) is 6.10. The number of aryl methyl sites for hydroxylation is 1. The molecule has 0 amide bonds. The van der Waals surface area contributed by atoms with Crippen LogP contribution in [0.15, 0.2) is 12.1 Å². The highest BCUT2D eigenvalue weighted by Gasteiger charge is 2.27. The first kappa shape index (κ1) is 15.2. The highest BCUT2D eigenvalue weighted by Crippen LogP contribution is 2.31. The number of benzene rings is 1. The summed E-state index contributed by atoms with van der Waals surface area (Å²) in [6.07, 6.45) is 2.33. The van der Waals surface area contributed by atoms with Crippen LogP contribution in [0.3, 0.4) is 0 Å². The predicted molar refractivity (Wildman–Crippen MR) is 78.3 cm³/mol. The molecule has 20 heavy (non-hydrogen) atoms. The molecule has 2 rings (SSSR count). The predicted octanol–water partition coefficient (Wildman–Crippen LogP) is 4.63. The van der Waals surface area contributed by atoms with Crippen molar-refractivity contribution in [3.05, 3.63) is 29.6 Å². The molecule has 0 fully saturated rings. The SMILES string of the molecule is CCCC(C)(C)n1c(CCCl)nc2ccc(F)c(F)c21. The lowest BCUT2D eigenvalue weighted by molar-refractivity contribution is 0.321. The third kappa shape index (κ3) is 2.53. The zero-order valence-electron chi connectivity index (χ0n) is 12.0. The molecule has 0 saturated carbocycles. The highest BCUT2D eigenvalue weighted by molar-refractivity contribution is 6.17. The molecule has 0 bridgehead atoms. The van der Waals surface area contributed by atoms with Gasteiger partial charge in [-0.3, -0.25) is 0 Å². The van der Waals surface area contributed by atoms with Crippen molar-refractivity contribution in [2.45, 2.75) is 45.6 Å². The second-order valence-corrected chi connectivity index (χ2v) is 5.97. The van der Waals surface area contributed by atoms with E-state index in [0.29, 0.717) is 23.6 Å². The van der Waals surface area contributed by atoms with E-state index in [1.165, 1.54) is 6.07 Å². The Labute approximate surface area is 122 Å². The minimum absolute atomic E-state index is 0.239. The maximum Gasteiger partial charge on any atom is 0.184 e. The van der Waals surface area contributed by atoms with Gasteiger partial charge in [-0.25, -0.2) is 13.8 Å². The molecular weight excluding hydrogens is 282 g/mol. The van der Waals surface area contributed by atoms with Crippen molar-refractivity contribution in [3.63, 3.8) is 0 Å². The molecule has 1 aromatic heterocycles. The molecule has 0 saturated heterocycles. The van der Waals surface area contributed by atoms with E-state index in [1.807, 2.05) is 18.4 Å². The van der Waals surface area contributed by atoms with Gasteiger partial charge in [0.2, 0.25) is 0 Å². The van der Waals surface area contributed by atoms with E-state index >= 15 is 0 Å². The summed E-state index contributed by atoms with van der Waals surface area (Å²) in [5.74, 6) is -0.573. The Morgan fingerprint density at radius 3 is 2.60 bits per heavy atom. The van der Waals surface area contributed by atoms with Crippen LogP contribution in [0.25, 0.3) is 11.0 Å². The average molecular weight is 301 g/mol. The van der Waals surface area contributed by atoms with Crippen LogP contribution < -0.4 is 0 Å². The molecule has 5 heteroatoms. The molecule has 110 valence electrons. The molecule has 0 spiro atoms. The summed E-state index contributed by atoms with van der Waals surface area (Å²) in [6, 6.07) is 2.64. The van der Waals surface area contributed by atoms with Crippen molar-refractivity contribution in [1.29, 1.82) is 0 Å². The maximum atomic E-state index is 14.2. The van der Waals surface area contributed by atoms with E-state index in [2.05, 4.69) is 11.9 Å². The van der Waals surface area contributed by atoms with E-state index in [1.54, 1.807) is 0 Å². The molecule has 1 aromatic carbocycles. The van der Waals surface area contributed by atoms with Crippen molar-refractivity contribution in [1.82, 2.24) is 9.55 Å². The van der Waals surface area contributed by atoms with Gasteiger partial charge in [0.05, 0.1) is 5.52 Å². The molecule has 0 aliphatic heterocycles. The van der Waals surface area contributed by atoms with E-state index in [0.717, 1.165) is 18.9 Å². The summed E-state index contributed by atoms with van der Waals surface area (Å²) in [5, 5.41) is 0. The van der Waals surface area contributed by atoms with Gasteiger partial charge in [-0.1, -0.05) is 13.3 Å². The number of alkyl halides is 1. The highest BCUT2D eigenvalue weighted by atomic mass is 35.5. The minimum atomic E-state index is -0.844. The summed E-state index contributed by atoms with van der Waals surface area (Å²) in [7, 11) is 0. The van der Waals surface area contributed by atoms with E-state index in [9.17, 15) is 8.78 Å². The standard InChI is InChI=1S/C15H19ClF2N2/c1-4-8-15(2,3)20-12(7-9-16)19-11-6-5-10(17)13(18)14(11)20/h5-6H,4,7-9H2,1-3H3. The fourth-order valence-corrected chi connectivity index (χ4v) is 2.95. The Kier molecular flexibility index (Phi) is 4.33. The number of halogens is 3. The molecule has 2 aromatic rings. The van der Waals surface area contributed by atoms with Crippen LogP contribution in [0, 0.1) is 11.6 Å². The van der Waals surface area contributed by atoms with E-state index < -0.39 is 11.6 Å². The largest absolute Gasteiger partial charge is 0.320 e. The Morgan fingerprint density at radius 1 is 1.30 bits per heavy atom. The lowest BCUT2D eigenvalue weighted by atomic mass is 9.97. The number of nitrogens with zero attached hydrogens (tertiary/aromatic N) is 2. The minimum Gasteiger partial charge on any atom is -0.320 e. The molecule has 0 unspecified atom stereocenters. The number of aromatic nitrogens is 2. The summed E-state index contributed by atoms with van der Waals surface area (Å²) in [5.41, 5.74) is 0.385. The van der Waals surface area contributed by atoms with Crippen LogP contribution in [-0.2, 0) is 12.0 Å². The van der Waals surface area contributed by atoms with Crippen molar-refractivity contribution < 1.29 is 8.78 Å². The molecule has 0 radical (unpaired) electrons. The number of imidazole rings is 1. The fourth-order valence-electron chi connectivity index (χ4n) is 2.78. The Hall–Kier alpha value is -1.16. The first-order valence-corrected chi connectivity index (χ1v) is 7.37. The first-order chi connectivity index (χ1) is 9.42. The lowest BCUT2D eigenvalue weighted by Crippen LogP contribution is -2.28. The number of hydrogen-bond donors (Lipinski definition) is 0. The van der Waals surface area contributed by atoms with Gasteiger partial charge in [-0.05, 0) is 32.4 Å². The molecule has 2 nitrogen and oxygen atoms in total. The smallest absolute Gasteiger partial charge is 0.184 e. The zero-order valence-corrected chi connectivity index (χ0v) is 12.8. The monoisotopic (exact) mass is 300 g/mol. The van der Waals surface area contributed by atoms with Crippen LogP contribution in [-0.4, -0.2) is 15.4 Å². The topological polar surface area (TPSA) is 17.8 Å². The third-order valence-electron chi connectivity index (χ3n) is 3.56. The molecule has 0 aliphatic carbocycles. The summed E-state index contributed by atoms with van der Waals surface area (Å²) >= 11 is 5.81. The van der Waals surface area contributed by atoms with Gasteiger partial charge in [0.15, 0.2) is 11.6 Å². The molecule has 1 heterocycles. The van der Waals surface area contributed by atoms with Gasteiger partial charge in [-0.15, -0.1) is 11.6 Å². The molecule has 0 N–H and O–H groups in total. The van der Waals surface area contributed by atoms with E-state index in [-0.39, 0.29) is 11.1 Å². The number of rotatable bonds is 5. The van der Waals surface area contributed by atoms with Crippen LogP contribution in [0.5, 0.6) is 0 Å². The average Bonchev–Trinajstić information content (AvgIpc) is 2.74. The van der Waals surface area contributed by atoms with Crippen LogP contribution in [0.4, 0.5) is 8.78 Å². The number of fused-ring (bicyclic) bond motifs is 1. The quantitative estimate of drug-likeness (QED) is 0.736. The van der Waals surface area contributed by atoms with Crippen molar-refractivity contribution >= 4 is 22.6 Å². The van der Waals surface area contributed by atoms with Gasteiger partial charge in [0.25, 0.3) is 0 Å². The summed E-state index contributed by atoms with van der Waals surface area (Å²) in [4.78, 5) is 4.42. The summed E-state index contributed by atoms with van der Waals surface area (Å²) < 4.78 is 29.6. The molecule has 0 aliphatic rings. The van der Waals surface area contributed by atoms with Gasteiger partial charge in [0, 0.05) is 17.8 Å². The third-order valence-corrected chi connectivity index (χ3v) is 3.75. The van der Waals surface area contributed by atoms with Crippen LogP contribution in [0.2, 0.25) is 0 Å². The van der Waals surface area contributed by atoms with Crippen molar-refractivity contribution in [2.24, 2.45) is 0 Å². The Balaban J connectivity index is 2.76. The van der Waals surface area contributed by atoms with Crippen LogP contribution >= 0.6 is 11.6 Å². The number of hydrogen-bond acceptors (Lipinski definition) is 1. The first-order valence-electron chi connectivity index (χ1n) is 6.84. The Morgan fingerprint density at radius 2 is 2.00 bits per heavy atom. The second-order valence-electron chi connectivity index (χ2n) is 5.59. The van der Waals surface area contributed by atoms with Crippen molar-refractivity contribution in [3.8, 4) is 0 Å². The van der Waals surface area contributed by atoms with Crippen molar-refractivity contribution in [2.75, 3.05) is 5.88 Å². The van der Waals surface area contributed by atoms with Gasteiger partial charge >= 0.3 is 0 Å². The van der Waals surface area contributed by atoms with E-state index in [4.69, 9.17) is 11.6 Å². The lowest BCUT2D eigenvalue weighted by Gasteiger charge is -2.29. The molecule has 0 atom stereocenters. The Bertz CT molecular complexity index is 620. The van der Waals surface area contributed by atoms with Gasteiger partial charge in [-0.2, -0.15) is 0 Å². The van der Waals surface area contributed by atoms with Gasteiger partial charge in [0.1, 0.15) is 11.3 Å². The second kappa shape index (κ2) is 5.68. The fraction of sp³-hybridized carbons (Fsp3) is 0.533.